The second-order valence-corrected chi connectivity index (χ2v) is 9.64. The molecule has 1 aliphatic rings. The maximum absolute atomic E-state index is 13.8. The Bertz CT molecular complexity index is 1680. The average molecular weight is 549 g/mol. The van der Waals surface area contributed by atoms with Gasteiger partial charge in [0.2, 0.25) is 0 Å². The first-order chi connectivity index (χ1) is 20.1. The Labute approximate surface area is 236 Å². The van der Waals surface area contributed by atoms with Crippen LogP contribution in [0.3, 0.4) is 0 Å². The van der Waals surface area contributed by atoms with Crippen LogP contribution in [-0.4, -0.2) is 44.6 Å². The number of rotatable bonds is 6. The molecule has 0 spiro atoms. The number of carbonyl (C=O) groups excluding carboxylic acids is 2. The highest BCUT2D eigenvalue weighted by atomic mass is 16.5. The third-order valence-electron chi connectivity index (χ3n) is 6.89. The fourth-order valence-corrected chi connectivity index (χ4v) is 4.86. The van der Waals surface area contributed by atoms with E-state index in [0.717, 1.165) is 22.4 Å². The molecule has 2 amide bonds. The Morgan fingerprint density at radius 3 is 2.78 bits per heavy atom. The molecular formula is C31H28N6O4. The Balaban J connectivity index is 1.39. The molecule has 6 rings (SSSR count). The first-order valence-corrected chi connectivity index (χ1v) is 13.1. The maximum atomic E-state index is 13.8. The van der Waals surface area contributed by atoms with Gasteiger partial charge in [0.05, 0.1) is 19.5 Å². The molecule has 2 aromatic heterocycles. The summed E-state index contributed by atoms with van der Waals surface area (Å²) in [5.74, 6) is 1.06. The second-order valence-electron chi connectivity index (χ2n) is 9.64. The normalized spacial score (nSPS) is 13.3. The molecule has 1 unspecified atom stereocenters. The van der Waals surface area contributed by atoms with Crippen LogP contribution in [0.15, 0.2) is 97.8 Å². The van der Waals surface area contributed by atoms with Crippen molar-refractivity contribution in [3.05, 3.63) is 115 Å². The summed E-state index contributed by atoms with van der Waals surface area (Å²) in [4.78, 5) is 35.1. The van der Waals surface area contributed by atoms with Crippen LogP contribution in [0.1, 0.15) is 27.5 Å². The largest absolute Gasteiger partial charge is 0.493 e. The van der Waals surface area contributed by atoms with Gasteiger partial charge in [-0.3, -0.25) is 14.2 Å². The zero-order valence-corrected chi connectivity index (χ0v) is 22.4. The van der Waals surface area contributed by atoms with E-state index in [9.17, 15) is 9.59 Å². The summed E-state index contributed by atoms with van der Waals surface area (Å²) in [7, 11) is 1.55. The van der Waals surface area contributed by atoms with E-state index < -0.39 is 0 Å². The van der Waals surface area contributed by atoms with E-state index in [0.29, 0.717) is 29.4 Å². The van der Waals surface area contributed by atoms with E-state index in [-0.39, 0.29) is 31.0 Å². The molecule has 0 fully saturated rings. The number of hydrogen-bond donors (Lipinski definition) is 2. The molecule has 3 aromatic carbocycles. The lowest BCUT2D eigenvalue weighted by atomic mass is 10.0. The predicted octanol–water partition coefficient (Wildman–Crippen LogP) is 3.92. The summed E-state index contributed by atoms with van der Waals surface area (Å²) in [6.45, 7) is 0.546. The molecule has 10 heteroatoms. The predicted molar refractivity (Wildman–Crippen MR) is 152 cm³/mol. The number of imidazole rings is 2. The Hall–Kier alpha value is -5.38. The fourth-order valence-electron chi connectivity index (χ4n) is 4.86. The van der Waals surface area contributed by atoms with E-state index >= 15 is 0 Å². The number of fused-ring (bicyclic) bond motifs is 7. The summed E-state index contributed by atoms with van der Waals surface area (Å²) in [6, 6.07) is 20.5. The van der Waals surface area contributed by atoms with E-state index in [1.807, 2.05) is 70.1 Å². The summed E-state index contributed by atoms with van der Waals surface area (Å²) in [6.07, 6.45) is 8.85. The third-order valence-corrected chi connectivity index (χ3v) is 6.89. The number of nitrogens with one attached hydrogen (secondary N) is 2. The van der Waals surface area contributed by atoms with Crippen molar-refractivity contribution < 1.29 is 19.1 Å². The van der Waals surface area contributed by atoms with Crippen molar-refractivity contribution in [1.29, 1.82) is 0 Å². The quantitative estimate of drug-likeness (QED) is 0.333. The molecule has 206 valence electrons. The van der Waals surface area contributed by atoms with Gasteiger partial charge in [-0.2, -0.15) is 0 Å². The topological polar surface area (TPSA) is 112 Å². The highest BCUT2D eigenvalue weighted by molar-refractivity contribution is 5.95. The molecule has 3 heterocycles. The van der Waals surface area contributed by atoms with Crippen molar-refractivity contribution in [2.75, 3.05) is 13.7 Å². The van der Waals surface area contributed by atoms with Crippen LogP contribution in [0.25, 0.3) is 17.1 Å². The standard InChI is InChI=1S/C31H28N6O4/c1-40-27-8-7-23-16-28(27)41-19-29(38)34-17-21-13-24(15-25(14-21)37-12-10-33-30(23)37)31(39)35-26(18-36-11-9-32-20-36)22-5-3-2-4-6-22/h2-16,20,26H,17-19H2,1H3,(H,34,38)(H,35,39). The number of hydrogen-bond acceptors (Lipinski definition) is 6. The van der Waals surface area contributed by atoms with Crippen LogP contribution in [0.5, 0.6) is 11.5 Å². The first kappa shape index (κ1) is 25.9. The van der Waals surface area contributed by atoms with Gasteiger partial charge < -0.3 is 24.7 Å². The molecule has 1 atom stereocenters. The van der Waals surface area contributed by atoms with Crippen molar-refractivity contribution >= 4 is 11.8 Å². The Kier molecular flexibility index (Phi) is 7.19. The summed E-state index contributed by atoms with van der Waals surface area (Å²) in [5.41, 5.74) is 3.70. The Morgan fingerprint density at radius 1 is 1.10 bits per heavy atom. The monoisotopic (exact) mass is 548 g/mol. The molecule has 0 saturated carbocycles. The van der Waals surface area contributed by atoms with E-state index in [4.69, 9.17) is 9.47 Å². The van der Waals surface area contributed by atoms with Crippen LogP contribution >= 0.6 is 0 Å². The highest BCUT2D eigenvalue weighted by Crippen LogP contribution is 2.33. The van der Waals surface area contributed by atoms with Crippen molar-refractivity contribution in [2.24, 2.45) is 0 Å². The van der Waals surface area contributed by atoms with Gasteiger partial charge >= 0.3 is 0 Å². The number of benzene rings is 3. The van der Waals surface area contributed by atoms with Gasteiger partial charge in [0.25, 0.3) is 11.8 Å². The highest BCUT2D eigenvalue weighted by Gasteiger charge is 2.20. The zero-order valence-electron chi connectivity index (χ0n) is 22.4. The van der Waals surface area contributed by atoms with Crippen LogP contribution in [0.2, 0.25) is 0 Å². The molecular weight excluding hydrogens is 520 g/mol. The molecule has 41 heavy (non-hydrogen) atoms. The number of methoxy groups -OCH3 is 1. The van der Waals surface area contributed by atoms with Gasteiger partial charge in [-0.1, -0.05) is 30.3 Å². The van der Waals surface area contributed by atoms with Crippen LogP contribution in [0, 0.1) is 0 Å². The average Bonchev–Trinajstić information content (AvgIpc) is 3.71. The summed E-state index contributed by atoms with van der Waals surface area (Å²) < 4.78 is 15.1. The fraction of sp³-hybridized carbons (Fsp3) is 0.161. The zero-order chi connectivity index (χ0) is 28.2. The Morgan fingerprint density at radius 2 is 1.98 bits per heavy atom. The number of nitrogens with zero attached hydrogens (tertiary/aromatic N) is 4. The summed E-state index contributed by atoms with van der Waals surface area (Å²) >= 11 is 0. The van der Waals surface area contributed by atoms with Gasteiger partial charge in [-0.05, 0) is 47.5 Å². The van der Waals surface area contributed by atoms with E-state index in [1.54, 1.807) is 44.0 Å². The smallest absolute Gasteiger partial charge is 0.258 e. The SMILES string of the molecule is COc1ccc2cc1OCC(=O)NCc1cc(C(=O)NC(Cn3ccnc3)c3ccccc3)cc(c1)-n1ccnc1-2. The number of aromatic nitrogens is 4. The number of ether oxygens (including phenoxy) is 2. The van der Waals surface area contributed by atoms with Gasteiger partial charge in [0.15, 0.2) is 18.1 Å². The molecule has 5 aromatic rings. The second kappa shape index (κ2) is 11.4. The molecule has 0 radical (unpaired) electrons. The van der Waals surface area contributed by atoms with E-state index in [2.05, 4.69) is 20.6 Å². The van der Waals surface area contributed by atoms with Crippen molar-refractivity contribution in [1.82, 2.24) is 29.7 Å². The molecule has 2 N–H and O–H groups in total. The maximum Gasteiger partial charge on any atom is 0.258 e. The first-order valence-electron chi connectivity index (χ1n) is 13.1. The minimum atomic E-state index is -0.296. The molecule has 1 aliphatic heterocycles. The lowest BCUT2D eigenvalue weighted by Crippen LogP contribution is -2.32. The third kappa shape index (κ3) is 5.67. The van der Waals surface area contributed by atoms with E-state index in [1.165, 1.54) is 0 Å². The lowest BCUT2D eigenvalue weighted by Gasteiger charge is -2.21. The molecule has 0 saturated heterocycles. The number of carbonyl (C=O) groups is 2. The minimum Gasteiger partial charge on any atom is -0.493 e. The lowest BCUT2D eigenvalue weighted by molar-refractivity contribution is -0.123. The molecule has 4 bridgehead atoms. The van der Waals surface area contributed by atoms with Crippen LogP contribution < -0.4 is 20.1 Å². The summed E-state index contributed by atoms with van der Waals surface area (Å²) in [5, 5.41) is 6.08. The molecule has 0 aliphatic carbocycles. The van der Waals surface area contributed by atoms with Gasteiger partial charge in [0.1, 0.15) is 5.82 Å². The van der Waals surface area contributed by atoms with Crippen molar-refractivity contribution in [2.45, 2.75) is 19.1 Å². The van der Waals surface area contributed by atoms with Gasteiger partial charge in [0, 0.05) is 54.7 Å². The van der Waals surface area contributed by atoms with Gasteiger partial charge in [-0.25, -0.2) is 9.97 Å². The molecule has 10 nitrogen and oxygen atoms in total. The number of amides is 2. The van der Waals surface area contributed by atoms with Gasteiger partial charge in [-0.15, -0.1) is 0 Å². The minimum absolute atomic E-state index is 0.186. The van der Waals surface area contributed by atoms with Crippen LogP contribution in [-0.2, 0) is 17.9 Å². The van der Waals surface area contributed by atoms with Crippen molar-refractivity contribution in [3.63, 3.8) is 0 Å². The van der Waals surface area contributed by atoms with Crippen molar-refractivity contribution in [3.8, 4) is 28.6 Å². The van der Waals surface area contributed by atoms with Crippen LogP contribution in [0.4, 0.5) is 0 Å².